The molecule has 0 aliphatic carbocycles. The standard InChI is InChI=1S/C23H29N5O5/c1-17(28-26-16-25-24)7-8-18-9-11-20(12-10-18)32-14-13-21(22(29)30)27-23(31)33-15-19-5-3-2-4-6-19/h2-6,9-12,16,21H,7-8,13-15,24H2,1H3,(H,25,26)(H,27,31)(H,29,30)/t21-/m0/s1. The van der Waals surface area contributed by atoms with Gasteiger partial charge in [0.25, 0.3) is 0 Å². The van der Waals surface area contributed by atoms with Crippen molar-refractivity contribution in [1.29, 1.82) is 0 Å². The van der Waals surface area contributed by atoms with Crippen LogP contribution in [0.25, 0.3) is 0 Å². The number of hydrogen-bond acceptors (Lipinski definition) is 7. The van der Waals surface area contributed by atoms with Gasteiger partial charge < -0.3 is 25.7 Å². The Balaban J connectivity index is 1.73. The first kappa shape index (κ1) is 25.2. The Labute approximate surface area is 192 Å². The maximum atomic E-state index is 11.9. The van der Waals surface area contributed by atoms with Crippen molar-refractivity contribution in [3.8, 4) is 5.75 Å². The number of hydrogen-bond donors (Lipinski definition) is 4. The van der Waals surface area contributed by atoms with Crippen molar-refractivity contribution >= 4 is 24.1 Å². The lowest BCUT2D eigenvalue weighted by Crippen LogP contribution is -2.42. The quantitative estimate of drug-likeness (QED) is 0.157. The van der Waals surface area contributed by atoms with Gasteiger partial charge in [0.1, 0.15) is 24.7 Å². The van der Waals surface area contributed by atoms with Crippen LogP contribution in [0, 0.1) is 0 Å². The van der Waals surface area contributed by atoms with Gasteiger partial charge in [0.05, 0.1) is 6.61 Å². The van der Waals surface area contributed by atoms with E-state index in [2.05, 4.69) is 20.9 Å². The van der Waals surface area contributed by atoms with Crippen LogP contribution in [0.2, 0.25) is 0 Å². The van der Waals surface area contributed by atoms with Crippen LogP contribution < -0.4 is 21.3 Å². The molecule has 2 aromatic carbocycles. The third-order valence-electron chi connectivity index (χ3n) is 4.56. The second kappa shape index (κ2) is 14.1. The van der Waals surface area contributed by atoms with Crippen LogP contribution in [0.5, 0.6) is 5.75 Å². The van der Waals surface area contributed by atoms with Crippen LogP contribution in [0.4, 0.5) is 4.79 Å². The predicted molar refractivity (Wildman–Crippen MR) is 125 cm³/mol. The number of ether oxygens (including phenoxy) is 2. The highest BCUT2D eigenvalue weighted by molar-refractivity contribution is 5.82. The lowest BCUT2D eigenvalue weighted by molar-refractivity contribution is -0.139. The number of benzene rings is 2. The van der Waals surface area contributed by atoms with Crippen LogP contribution in [0.1, 0.15) is 30.9 Å². The van der Waals surface area contributed by atoms with Gasteiger partial charge >= 0.3 is 12.1 Å². The molecule has 0 radical (unpaired) electrons. The molecule has 0 heterocycles. The number of nitrogens with two attached hydrogens (primary N) is 1. The summed E-state index contributed by atoms with van der Waals surface area (Å²) >= 11 is 0. The molecule has 0 unspecified atom stereocenters. The molecule has 0 spiro atoms. The Morgan fingerprint density at radius 2 is 1.85 bits per heavy atom. The molecule has 10 heteroatoms. The van der Waals surface area contributed by atoms with Gasteiger partial charge in [-0.15, -0.1) is 0 Å². The van der Waals surface area contributed by atoms with E-state index < -0.39 is 18.1 Å². The average molecular weight is 456 g/mol. The number of alkyl carbamates (subject to hydrolysis) is 1. The highest BCUT2D eigenvalue weighted by atomic mass is 16.5. The first-order chi connectivity index (χ1) is 16.0. The summed E-state index contributed by atoms with van der Waals surface area (Å²) in [6.07, 6.45) is 2.16. The molecular weight excluding hydrogens is 426 g/mol. The fourth-order valence-electron chi connectivity index (χ4n) is 2.76. The summed E-state index contributed by atoms with van der Waals surface area (Å²) in [5, 5.41) is 19.1. The number of hydrazone groups is 2. The summed E-state index contributed by atoms with van der Waals surface area (Å²) in [7, 11) is 0. The second-order valence-corrected chi connectivity index (χ2v) is 7.13. The smallest absolute Gasteiger partial charge is 0.408 e. The molecule has 0 aliphatic rings. The van der Waals surface area contributed by atoms with Gasteiger partial charge in [-0.3, -0.25) is 5.43 Å². The molecular formula is C23H29N5O5. The van der Waals surface area contributed by atoms with E-state index in [0.29, 0.717) is 5.75 Å². The summed E-state index contributed by atoms with van der Waals surface area (Å²) in [6, 6.07) is 15.5. The van der Waals surface area contributed by atoms with Crippen LogP contribution >= 0.6 is 0 Å². The van der Waals surface area contributed by atoms with Gasteiger partial charge in [0.2, 0.25) is 0 Å². The van der Waals surface area contributed by atoms with E-state index in [1.165, 1.54) is 6.34 Å². The Hall–Kier alpha value is -4.08. The Bertz CT molecular complexity index is 932. The van der Waals surface area contributed by atoms with E-state index >= 15 is 0 Å². The van der Waals surface area contributed by atoms with Crippen molar-refractivity contribution in [3.05, 3.63) is 65.7 Å². The number of carboxylic acid groups (broad SMARTS) is 1. The molecule has 5 N–H and O–H groups in total. The monoisotopic (exact) mass is 455 g/mol. The number of nitrogens with one attached hydrogen (secondary N) is 2. The van der Waals surface area contributed by atoms with Crippen molar-refractivity contribution in [2.75, 3.05) is 6.61 Å². The Morgan fingerprint density at radius 1 is 1.12 bits per heavy atom. The fraction of sp³-hybridized carbons (Fsp3) is 0.304. The van der Waals surface area contributed by atoms with Gasteiger partial charge in [-0.1, -0.05) is 42.5 Å². The summed E-state index contributed by atoms with van der Waals surface area (Å²) in [5.74, 6) is 4.44. The van der Waals surface area contributed by atoms with E-state index in [0.717, 1.165) is 29.7 Å². The summed E-state index contributed by atoms with van der Waals surface area (Å²) < 4.78 is 10.7. The van der Waals surface area contributed by atoms with Gasteiger partial charge in [-0.2, -0.15) is 10.2 Å². The molecule has 0 fully saturated rings. The summed E-state index contributed by atoms with van der Waals surface area (Å²) in [4.78, 5) is 23.4. The number of aryl methyl sites for hydroxylation is 1. The first-order valence-electron chi connectivity index (χ1n) is 10.4. The van der Waals surface area contributed by atoms with E-state index in [4.69, 9.17) is 15.3 Å². The van der Waals surface area contributed by atoms with E-state index in [1.54, 1.807) is 0 Å². The minimum absolute atomic E-state index is 0.0612. The molecule has 0 aromatic heterocycles. The lowest BCUT2D eigenvalue weighted by atomic mass is 10.1. The fourth-order valence-corrected chi connectivity index (χ4v) is 2.76. The molecule has 1 atom stereocenters. The Morgan fingerprint density at radius 3 is 2.52 bits per heavy atom. The minimum Gasteiger partial charge on any atom is -0.494 e. The zero-order chi connectivity index (χ0) is 23.9. The maximum Gasteiger partial charge on any atom is 0.408 e. The topological polar surface area (TPSA) is 148 Å². The van der Waals surface area contributed by atoms with Gasteiger partial charge in [0.15, 0.2) is 0 Å². The number of amides is 1. The zero-order valence-corrected chi connectivity index (χ0v) is 18.4. The summed E-state index contributed by atoms with van der Waals surface area (Å²) in [5.41, 5.74) is 5.45. The van der Waals surface area contributed by atoms with Crippen molar-refractivity contribution in [2.45, 2.75) is 38.8 Å². The Kier molecular flexibility index (Phi) is 10.7. The normalized spacial score (nSPS) is 12.2. The number of carbonyl (C=O) groups excluding carboxylic acids is 1. The molecule has 176 valence electrons. The molecule has 2 aromatic rings. The number of carbonyl (C=O) groups is 2. The molecule has 0 aliphatic heterocycles. The van der Waals surface area contributed by atoms with Crippen molar-refractivity contribution in [3.63, 3.8) is 0 Å². The predicted octanol–water partition coefficient (Wildman–Crippen LogP) is 2.64. The minimum atomic E-state index is -1.16. The molecule has 0 bridgehead atoms. The molecule has 33 heavy (non-hydrogen) atoms. The number of rotatable bonds is 13. The van der Waals surface area contributed by atoms with Gasteiger partial charge in [-0.05, 0) is 43.0 Å². The van der Waals surface area contributed by atoms with Crippen LogP contribution in [0.15, 0.2) is 64.8 Å². The number of carboxylic acids is 1. The molecule has 10 nitrogen and oxygen atoms in total. The highest BCUT2D eigenvalue weighted by Gasteiger charge is 2.20. The van der Waals surface area contributed by atoms with Gasteiger partial charge in [-0.25, -0.2) is 9.59 Å². The lowest BCUT2D eigenvalue weighted by Gasteiger charge is -2.15. The highest BCUT2D eigenvalue weighted by Crippen LogP contribution is 2.14. The van der Waals surface area contributed by atoms with E-state index in [-0.39, 0.29) is 19.6 Å². The van der Waals surface area contributed by atoms with E-state index in [9.17, 15) is 14.7 Å². The van der Waals surface area contributed by atoms with Crippen LogP contribution in [0.3, 0.4) is 0 Å². The first-order valence-corrected chi connectivity index (χ1v) is 10.4. The molecule has 0 saturated heterocycles. The SMILES string of the molecule is CC(CCc1ccc(OCC[C@H](NC(=O)OCc2ccccc2)C(=O)O)cc1)=NNC=NN. The van der Waals surface area contributed by atoms with Crippen LogP contribution in [-0.4, -0.2) is 41.9 Å². The molecule has 0 saturated carbocycles. The van der Waals surface area contributed by atoms with Gasteiger partial charge in [0, 0.05) is 12.1 Å². The zero-order valence-electron chi connectivity index (χ0n) is 18.4. The van der Waals surface area contributed by atoms with E-state index in [1.807, 2.05) is 61.5 Å². The third-order valence-corrected chi connectivity index (χ3v) is 4.56. The number of aliphatic carboxylic acids is 1. The van der Waals surface area contributed by atoms with Crippen molar-refractivity contribution in [1.82, 2.24) is 10.7 Å². The molecule has 1 amide bonds. The van der Waals surface area contributed by atoms with Crippen molar-refractivity contribution in [2.24, 2.45) is 16.0 Å². The third kappa shape index (κ3) is 10.2. The average Bonchev–Trinajstić information content (AvgIpc) is 2.82. The molecule has 2 rings (SSSR count). The largest absolute Gasteiger partial charge is 0.494 e. The van der Waals surface area contributed by atoms with Crippen molar-refractivity contribution < 1.29 is 24.2 Å². The number of nitrogens with zero attached hydrogens (tertiary/aromatic N) is 2. The second-order valence-electron chi connectivity index (χ2n) is 7.13. The van der Waals surface area contributed by atoms with Crippen LogP contribution in [-0.2, 0) is 22.6 Å². The summed E-state index contributed by atoms with van der Waals surface area (Å²) in [6.45, 7) is 2.08. The maximum absolute atomic E-state index is 11.9.